The van der Waals surface area contributed by atoms with Crippen LogP contribution in [0.2, 0.25) is 0 Å². The molecule has 44 valence electrons. The Balaban J connectivity index is -0.00000000667. The maximum absolute atomic E-state index is 8.24. The normalized spacial score (nSPS) is 2.00. The minimum atomic E-state index is 0. The Bertz CT molecular complexity index is 15.0. The van der Waals surface area contributed by atoms with E-state index in [2.05, 4.69) is 0 Å². The van der Waals surface area contributed by atoms with E-state index in [1.807, 2.05) is 0 Å². The molecule has 0 fully saturated rings. The number of rotatable bonds is 0. The molecule has 5 N–H and O–H groups in total. The molecule has 0 amide bonds. The van der Waals surface area contributed by atoms with Gasteiger partial charge in [-0.15, -0.1) is 0 Å². The van der Waals surface area contributed by atoms with E-state index >= 15 is 0 Å². The van der Waals surface area contributed by atoms with Crippen molar-refractivity contribution in [1.82, 2.24) is 0 Å². The van der Waals surface area contributed by atoms with Gasteiger partial charge in [0.15, 0.2) is 0 Å². The van der Waals surface area contributed by atoms with Crippen LogP contribution in [0.4, 0.5) is 0 Å². The van der Waals surface area contributed by atoms with Gasteiger partial charge in [-0.1, -0.05) is 6.47 Å². The fraction of sp³-hybridized carbons (Fsp3) is 0. The van der Waals surface area contributed by atoms with Crippen LogP contribution in [0.1, 0.15) is 0 Å². The van der Waals surface area contributed by atoms with Gasteiger partial charge in [-0.25, -0.2) is 0 Å². The van der Waals surface area contributed by atoms with Crippen LogP contribution in [0.3, 0.4) is 0 Å². The van der Waals surface area contributed by atoms with Gasteiger partial charge in [0.05, 0.1) is 0 Å². The van der Waals surface area contributed by atoms with Crippen molar-refractivity contribution in [3.8, 4) is 0 Å². The topological polar surface area (TPSA) is 100 Å². The molecule has 0 rings (SSSR count). The van der Waals surface area contributed by atoms with Crippen LogP contribution in [0.25, 0.3) is 0 Å². The van der Waals surface area contributed by atoms with Crippen LogP contribution < -0.4 is 0 Å². The zero-order chi connectivity index (χ0) is 2.71. The van der Waals surface area contributed by atoms with E-state index in [4.69, 9.17) is 9.90 Å². The summed E-state index contributed by atoms with van der Waals surface area (Å²) in [6.45, 7) is 0.500. The molecular weight excluding hydrogens is 182 g/mol. The molecule has 0 aliphatic carbocycles. The standard InChI is InChI=1S/CHO2.2H2O.Pd/c2-1-3;;;/h(H,2,3);2*1H2;/q-1;;;. The molecule has 0 spiro atoms. The Morgan fingerprint density at radius 3 is 1.33 bits per heavy atom. The van der Waals surface area contributed by atoms with Crippen molar-refractivity contribution in [3.63, 3.8) is 0 Å². The van der Waals surface area contributed by atoms with Crippen molar-refractivity contribution in [3.05, 3.63) is 0 Å². The van der Waals surface area contributed by atoms with Gasteiger partial charge in [0.25, 0.3) is 0 Å². The Hall–Kier alpha value is 0.0523. The summed E-state index contributed by atoms with van der Waals surface area (Å²) in [6, 6.07) is 0. The van der Waals surface area contributed by atoms with Crippen LogP contribution in [-0.2, 0) is 25.2 Å². The summed E-state index contributed by atoms with van der Waals surface area (Å²) in [5, 5.41) is 6.76. The molecule has 0 unspecified atom stereocenters. The summed E-state index contributed by atoms with van der Waals surface area (Å²) >= 11 is 0. The van der Waals surface area contributed by atoms with Crippen LogP contribution in [0.5, 0.6) is 0 Å². The predicted molar refractivity (Wildman–Crippen MR) is 15.5 cm³/mol. The molecule has 0 saturated heterocycles. The molecule has 0 heterocycles. The molecule has 0 atom stereocenters. The van der Waals surface area contributed by atoms with Gasteiger partial charge >= 0.3 is 0 Å². The Morgan fingerprint density at radius 2 is 1.33 bits per heavy atom. The molecule has 0 aliphatic rings. The van der Waals surface area contributed by atoms with Crippen molar-refractivity contribution in [2.45, 2.75) is 0 Å². The Labute approximate surface area is 48.4 Å². The quantitative estimate of drug-likeness (QED) is 0.349. The second kappa shape index (κ2) is 74.9. The third-order valence-corrected chi connectivity index (χ3v) is 0. The molecule has 4 nitrogen and oxygen atoms in total. The first-order chi connectivity index (χ1) is 1.41. The monoisotopic (exact) mass is 187 g/mol. The van der Waals surface area contributed by atoms with E-state index in [0.717, 1.165) is 0 Å². The fourth-order valence-electron chi connectivity index (χ4n) is 0. The molecule has 0 aromatic heterocycles. The zero-order valence-electron chi connectivity index (χ0n) is 2.67. The van der Waals surface area contributed by atoms with Crippen molar-refractivity contribution in [2.24, 2.45) is 0 Å². The third kappa shape index (κ3) is 13800. The smallest absolute Gasteiger partial charge is 0 e. The molecule has 0 saturated carbocycles. The number of hydrogen-bond donors (Lipinski definition) is 1. The molecule has 0 aliphatic heterocycles. The van der Waals surface area contributed by atoms with Gasteiger partial charge in [-0.3, -0.25) is 0 Å². The average molecular weight is 187 g/mol. The first-order valence-corrected chi connectivity index (χ1v) is 0.428. The summed E-state index contributed by atoms with van der Waals surface area (Å²) in [5.74, 6) is 0. The van der Waals surface area contributed by atoms with Gasteiger partial charge in [0.1, 0.15) is 0 Å². The van der Waals surface area contributed by atoms with Gasteiger partial charge < -0.3 is 20.9 Å². The third-order valence-electron chi connectivity index (χ3n) is 0. The molecule has 0 radical (unpaired) electrons. The summed E-state index contributed by atoms with van der Waals surface area (Å²) < 4.78 is 0. The Morgan fingerprint density at radius 1 is 1.33 bits per heavy atom. The van der Waals surface area contributed by atoms with Gasteiger partial charge in [-0.05, 0) is 0 Å². The maximum Gasteiger partial charge on any atom is 0 e. The van der Waals surface area contributed by atoms with Crippen LogP contribution in [0, 0.1) is 0 Å². The van der Waals surface area contributed by atoms with Gasteiger partial charge in [-0.2, -0.15) is 0 Å². The van der Waals surface area contributed by atoms with Crippen molar-refractivity contribution < 1.29 is 41.3 Å². The summed E-state index contributed by atoms with van der Waals surface area (Å²) in [7, 11) is 0. The fourth-order valence-corrected chi connectivity index (χ4v) is 0. The van der Waals surface area contributed by atoms with Crippen LogP contribution >= 0.6 is 0 Å². The number of hydrogen-bond acceptors (Lipinski definition) is 1. The summed E-state index contributed by atoms with van der Waals surface area (Å²) in [5.41, 5.74) is 0. The zero-order valence-corrected chi connectivity index (χ0v) is 4.23. The summed E-state index contributed by atoms with van der Waals surface area (Å²) in [4.78, 5) is 8.24. The molecule has 0 bridgehead atoms. The summed E-state index contributed by atoms with van der Waals surface area (Å²) in [6.07, 6.45) is 0. The SMILES string of the molecule is O.O.O=[C-]O.[Pd]. The molecule has 5 heteroatoms. The van der Waals surface area contributed by atoms with Crippen LogP contribution in [-0.4, -0.2) is 22.5 Å². The van der Waals surface area contributed by atoms with Crippen LogP contribution in [0.15, 0.2) is 0 Å². The maximum atomic E-state index is 8.24. The first kappa shape index (κ1) is 36.7. The van der Waals surface area contributed by atoms with Gasteiger partial charge in [0, 0.05) is 20.4 Å². The average Bonchev–Trinajstić information content (AvgIpc) is 0.918. The van der Waals surface area contributed by atoms with E-state index in [9.17, 15) is 0 Å². The molecule has 6 heavy (non-hydrogen) atoms. The minimum absolute atomic E-state index is 0. The second-order valence-electron chi connectivity index (χ2n) is 0.0913. The van der Waals surface area contributed by atoms with E-state index in [1.165, 1.54) is 0 Å². The second-order valence-corrected chi connectivity index (χ2v) is 0.0913. The van der Waals surface area contributed by atoms with E-state index in [1.54, 1.807) is 0 Å². The van der Waals surface area contributed by atoms with E-state index < -0.39 is 0 Å². The minimum Gasteiger partial charge on any atom is -0.665 e. The van der Waals surface area contributed by atoms with E-state index in [-0.39, 0.29) is 31.4 Å². The van der Waals surface area contributed by atoms with Crippen molar-refractivity contribution >= 4 is 6.47 Å². The van der Waals surface area contributed by atoms with Crippen molar-refractivity contribution in [2.75, 3.05) is 0 Å². The molecule has 0 aromatic rings. The number of aliphatic hydroxyl groups excluding tert-OH is 1. The van der Waals surface area contributed by atoms with E-state index in [0.29, 0.717) is 6.47 Å². The predicted octanol–water partition coefficient (Wildman–Crippen LogP) is -2.04. The molecule has 0 aromatic carbocycles. The van der Waals surface area contributed by atoms with Crippen molar-refractivity contribution in [1.29, 1.82) is 0 Å². The largest absolute Gasteiger partial charge is 0.665 e. The Kier molecular flexibility index (Phi) is 458. The first-order valence-electron chi connectivity index (χ1n) is 0.428. The van der Waals surface area contributed by atoms with Gasteiger partial charge in [0.2, 0.25) is 0 Å². The molecular formula is CH5O4Pd-.